The van der Waals surface area contributed by atoms with Crippen LogP contribution < -0.4 is 0 Å². The molecule has 0 radical (unpaired) electrons. The molecule has 1 atom stereocenters. The molecule has 1 aliphatic rings. The van der Waals surface area contributed by atoms with Crippen molar-refractivity contribution in [2.24, 2.45) is 5.41 Å². The number of rotatable bonds is 4. The van der Waals surface area contributed by atoms with Crippen LogP contribution in [-0.2, 0) is 4.79 Å². The first kappa shape index (κ1) is 16.7. The van der Waals surface area contributed by atoms with Crippen LogP contribution in [0, 0.1) is 5.41 Å². The molecule has 4 heteroatoms. The summed E-state index contributed by atoms with van der Waals surface area (Å²) in [7, 11) is 0. The molecule has 1 aromatic rings. The van der Waals surface area contributed by atoms with Gasteiger partial charge in [0.15, 0.2) is 0 Å². The van der Waals surface area contributed by atoms with E-state index in [4.69, 9.17) is 11.6 Å². The van der Waals surface area contributed by atoms with Gasteiger partial charge in [0.1, 0.15) is 0 Å². The van der Waals surface area contributed by atoms with E-state index in [2.05, 4.69) is 25.7 Å². The summed E-state index contributed by atoms with van der Waals surface area (Å²) in [6.07, 6.45) is 3.17. The summed E-state index contributed by atoms with van der Waals surface area (Å²) in [6.45, 7) is 8.36. The minimum absolute atomic E-state index is 0.0000699. The molecule has 0 N–H and O–H groups in total. The number of likely N-dealkylation sites (tertiary alicyclic amines) is 1. The lowest BCUT2D eigenvalue weighted by atomic mass is 9.84. The largest absolute Gasteiger partial charge is 0.341 e. The third-order valence-corrected chi connectivity index (χ3v) is 5.57. The monoisotopic (exact) mass is 325 g/mol. The van der Waals surface area contributed by atoms with Crippen LogP contribution in [0.3, 0.4) is 0 Å². The maximum atomic E-state index is 12.8. The molecule has 21 heavy (non-hydrogen) atoms. The zero-order valence-electron chi connectivity index (χ0n) is 13.1. The van der Waals surface area contributed by atoms with Crippen molar-refractivity contribution in [2.75, 3.05) is 13.1 Å². The van der Waals surface area contributed by atoms with Crippen molar-refractivity contribution in [1.82, 2.24) is 4.90 Å². The van der Waals surface area contributed by atoms with Crippen LogP contribution in [0.1, 0.15) is 40.0 Å². The highest BCUT2D eigenvalue weighted by Gasteiger charge is 2.32. The number of hydrogen-bond acceptors (Lipinski definition) is 2. The van der Waals surface area contributed by atoms with Crippen LogP contribution in [-0.4, -0.2) is 29.1 Å². The summed E-state index contributed by atoms with van der Waals surface area (Å²) in [5.74, 6) is 0.283. The number of benzene rings is 1. The number of piperidine rings is 1. The number of amides is 1. The van der Waals surface area contributed by atoms with E-state index in [0.717, 1.165) is 35.8 Å². The van der Waals surface area contributed by atoms with Gasteiger partial charge in [0.25, 0.3) is 0 Å². The van der Waals surface area contributed by atoms with Crippen LogP contribution in [0.15, 0.2) is 29.2 Å². The molecular weight excluding hydrogens is 302 g/mol. The Hall–Kier alpha value is -0.670. The van der Waals surface area contributed by atoms with Crippen LogP contribution >= 0.6 is 23.4 Å². The Morgan fingerprint density at radius 2 is 2.05 bits per heavy atom. The lowest BCUT2D eigenvalue weighted by Crippen LogP contribution is -2.46. The number of halogens is 1. The fraction of sp³-hybridized carbons (Fsp3) is 0.588. The molecular formula is C17H24ClNOS. The van der Waals surface area contributed by atoms with Gasteiger partial charge in [-0.25, -0.2) is 0 Å². The number of hydrogen-bond donors (Lipinski definition) is 0. The molecule has 116 valence electrons. The molecule has 1 aromatic carbocycles. The molecule has 1 amide bonds. The average molecular weight is 326 g/mol. The first-order valence-electron chi connectivity index (χ1n) is 7.62. The van der Waals surface area contributed by atoms with E-state index in [1.807, 2.05) is 24.3 Å². The maximum Gasteiger partial charge on any atom is 0.236 e. The zero-order valence-corrected chi connectivity index (χ0v) is 14.6. The first-order valence-corrected chi connectivity index (χ1v) is 8.88. The minimum atomic E-state index is 0.0000699. The molecule has 0 unspecified atom stereocenters. The van der Waals surface area contributed by atoms with Crippen molar-refractivity contribution in [2.45, 2.75) is 50.2 Å². The van der Waals surface area contributed by atoms with Crippen LogP contribution in [0.25, 0.3) is 0 Å². The standard InChI is InChI=1S/C17H24ClNOS/c1-4-15(21-14-8-6-13(18)7-9-14)16(20)19-11-5-10-17(2,3)12-19/h6-9,15H,4-5,10-12H2,1-3H3/t15-/m0/s1. The Bertz CT molecular complexity index is 486. The predicted octanol–water partition coefficient (Wildman–Crippen LogP) is 4.86. The molecule has 0 aliphatic carbocycles. The fourth-order valence-corrected chi connectivity index (χ4v) is 3.97. The van der Waals surface area contributed by atoms with E-state index in [1.165, 1.54) is 6.42 Å². The summed E-state index contributed by atoms with van der Waals surface area (Å²) in [5.41, 5.74) is 0.247. The highest BCUT2D eigenvalue weighted by molar-refractivity contribution is 8.00. The highest BCUT2D eigenvalue weighted by atomic mass is 35.5. The number of carbonyl (C=O) groups excluding carboxylic acids is 1. The summed E-state index contributed by atoms with van der Waals surface area (Å²) >= 11 is 7.56. The van der Waals surface area contributed by atoms with E-state index in [-0.39, 0.29) is 16.6 Å². The van der Waals surface area contributed by atoms with Crippen LogP contribution in [0.2, 0.25) is 5.02 Å². The third kappa shape index (κ3) is 4.65. The molecule has 0 saturated carbocycles. The second-order valence-corrected chi connectivity index (χ2v) is 8.21. The zero-order chi connectivity index (χ0) is 15.5. The molecule has 1 heterocycles. The predicted molar refractivity (Wildman–Crippen MR) is 91.0 cm³/mol. The van der Waals surface area contributed by atoms with Gasteiger partial charge in [0.05, 0.1) is 5.25 Å². The van der Waals surface area contributed by atoms with E-state index in [1.54, 1.807) is 11.8 Å². The quantitative estimate of drug-likeness (QED) is 0.737. The van der Waals surface area contributed by atoms with Crippen molar-refractivity contribution >= 4 is 29.3 Å². The summed E-state index contributed by atoms with van der Waals surface area (Å²) in [5, 5.41) is 0.733. The topological polar surface area (TPSA) is 20.3 Å². The van der Waals surface area contributed by atoms with Gasteiger partial charge in [-0.1, -0.05) is 32.4 Å². The van der Waals surface area contributed by atoms with Crippen molar-refractivity contribution in [3.05, 3.63) is 29.3 Å². The van der Waals surface area contributed by atoms with E-state index in [0.29, 0.717) is 0 Å². The Kier molecular flexibility index (Phi) is 5.61. The summed E-state index contributed by atoms with van der Waals surface area (Å²) in [6, 6.07) is 7.74. The average Bonchev–Trinajstić information content (AvgIpc) is 2.45. The summed E-state index contributed by atoms with van der Waals surface area (Å²) < 4.78 is 0. The third-order valence-electron chi connectivity index (χ3n) is 3.95. The SMILES string of the molecule is CC[C@H](Sc1ccc(Cl)cc1)C(=O)N1CCCC(C)(C)C1. The van der Waals surface area contributed by atoms with Gasteiger partial charge in [-0.05, 0) is 48.9 Å². The Labute approximate surface area is 137 Å². The molecule has 1 aliphatic heterocycles. The lowest BCUT2D eigenvalue weighted by molar-refractivity contribution is -0.133. The normalized spacial score (nSPS) is 19.3. The van der Waals surface area contributed by atoms with Crippen molar-refractivity contribution in [1.29, 1.82) is 0 Å². The maximum absolute atomic E-state index is 12.8. The van der Waals surface area contributed by atoms with Gasteiger partial charge < -0.3 is 4.90 Å². The van der Waals surface area contributed by atoms with Gasteiger partial charge in [-0.2, -0.15) is 0 Å². The number of thioether (sulfide) groups is 1. The van der Waals surface area contributed by atoms with Crippen molar-refractivity contribution in [3.63, 3.8) is 0 Å². The Morgan fingerprint density at radius 3 is 2.62 bits per heavy atom. The van der Waals surface area contributed by atoms with Gasteiger partial charge in [-0.3, -0.25) is 4.79 Å². The lowest BCUT2D eigenvalue weighted by Gasteiger charge is -2.39. The molecule has 2 nitrogen and oxygen atoms in total. The van der Waals surface area contributed by atoms with Gasteiger partial charge >= 0.3 is 0 Å². The highest BCUT2D eigenvalue weighted by Crippen LogP contribution is 2.32. The van der Waals surface area contributed by atoms with Crippen molar-refractivity contribution < 1.29 is 4.79 Å². The Morgan fingerprint density at radius 1 is 1.38 bits per heavy atom. The molecule has 0 aromatic heterocycles. The molecule has 0 bridgehead atoms. The van der Waals surface area contributed by atoms with E-state index >= 15 is 0 Å². The minimum Gasteiger partial charge on any atom is -0.341 e. The van der Waals surface area contributed by atoms with Gasteiger partial charge in [0.2, 0.25) is 5.91 Å². The molecule has 1 saturated heterocycles. The molecule has 0 spiro atoms. The van der Waals surface area contributed by atoms with Crippen LogP contribution in [0.5, 0.6) is 0 Å². The number of nitrogens with zero attached hydrogens (tertiary/aromatic N) is 1. The molecule has 1 fully saturated rings. The second-order valence-electron chi connectivity index (χ2n) is 6.50. The fourth-order valence-electron chi connectivity index (χ4n) is 2.80. The van der Waals surface area contributed by atoms with E-state index in [9.17, 15) is 4.79 Å². The van der Waals surface area contributed by atoms with Crippen LogP contribution in [0.4, 0.5) is 0 Å². The van der Waals surface area contributed by atoms with Crippen molar-refractivity contribution in [3.8, 4) is 0 Å². The second kappa shape index (κ2) is 7.06. The number of carbonyl (C=O) groups is 1. The van der Waals surface area contributed by atoms with Gasteiger partial charge in [-0.15, -0.1) is 11.8 Å². The Balaban J connectivity index is 2.02. The van der Waals surface area contributed by atoms with E-state index < -0.39 is 0 Å². The van der Waals surface area contributed by atoms with Gasteiger partial charge in [0, 0.05) is 23.0 Å². The summed E-state index contributed by atoms with van der Waals surface area (Å²) in [4.78, 5) is 15.9. The first-order chi connectivity index (χ1) is 9.91. The molecule has 2 rings (SSSR count). The smallest absolute Gasteiger partial charge is 0.236 e.